The van der Waals surface area contributed by atoms with Gasteiger partial charge >= 0.3 is 0 Å². The third-order valence-corrected chi connectivity index (χ3v) is 6.48. The maximum absolute atomic E-state index is 14.3. The van der Waals surface area contributed by atoms with E-state index in [1.807, 2.05) is 20.2 Å². The lowest BCUT2D eigenvalue weighted by atomic mass is 10.2. The highest BCUT2D eigenvalue weighted by atomic mass is 32.1. The van der Waals surface area contributed by atoms with Crippen LogP contribution in [0.4, 0.5) is 26.1 Å². The minimum Gasteiger partial charge on any atom is -0.378 e. The summed E-state index contributed by atoms with van der Waals surface area (Å²) in [5.74, 6) is -0.0177. The number of thiazole rings is 1. The second kappa shape index (κ2) is 9.57. The Morgan fingerprint density at radius 1 is 1.09 bits per heavy atom. The highest BCUT2D eigenvalue weighted by Crippen LogP contribution is 2.35. The Balaban J connectivity index is 1.49. The Hall–Kier alpha value is -3.21. The van der Waals surface area contributed by atoms with Gasteiger partial charge in [-0.2, -0.15) is 0 Å². The lowest BCUT2D eigenvalue weighted by molar-refractivity contribution is 0.122. The van der Waals surface area contributed by atoms with Gasteiger partial charge in [0, 0.05) is 31.9 Å². The number of halogens is 2. The summed E-state index contributed by atoms with van der Waals surface area (Å²) in [4.78, 5) is 18.1. The molecule has 1 aromatic carbocycles. The fourth-order valence-corrected chi connectivity index (χ4v) is 4.85. The number of nitrogens with one attached hydrogen (secondary N) is 1. The molecule has 0 saturated carbocycles. The summed E-state index contributed by atoms with van der Waals surface area (Å²) in [5, 5.41) is 3.62. The molecule has 0 unspecified atom stereocenters. The van der Waals surface area contributed by atoms with Crippen LogP contribution in [-0.2, 0) is 11.3 Å². The number of nitrogens with zero attached hydrogens (tertiary/aromatic N) is 5. The van der Waals surface area contributed by atoms with Gasteiger partial charge in [-0.25, -0.2) is 23.7 Å². The average molecular weight is 483 g/mol. The lowest BCUT2D eigenvalue weighted by Gasteiger charge is -2.30. The molecule has 0 spiro atoms. The van der Waals surface area contributed by atoms with Gasteiger partial charge in [0.25, 0.3) is 0 Å². The third kappa shape index (κ3) is 4.70. The van der Waals surface area contributed by atoms with E-state index in [-0.39, 0.29) is 10.6 Å². The van der Waals surface area contributed by atoms with Crippen LogP contribution in [-0.4, -0.2) is 60.3 Å². The molecule has 1 fully saturated rings. The summed E-state index contributed by atoms with van der Waals surface area (Å²) in [6, 6.07) is 9.68. The van der Waals surface area contributed by atoms with E-state index in [0.29, 0.717) is 36.9 Å². The van der Waals surface area contributed by atoms with E-state index in [4.69, 9.17) is 9.72 Å². The van der Waals surface area contributed by atoms with Crippen LogP contribution in [0.15, 0.2) is 42.6 Å². The van der Waals surface area contributed by atoms with Crippen LogP contribution >= 0.6 is 11.3 Å². The number of anilines is 3. The Labute approximate surface area is 200 Å². The number of morpholine rings is 1. The van der Waals surface area contributed by atoms with Crippen molar-refractivity contribution in [3.05, 3.63) is 59.9 Å². The number of benzene rings is 1. The summed E-state index contributed by atoms with van der Waals surface area (Å²) in [6.45, 7) is 3.59. The van der Waals surface area contributed by atoms with Crippen molar-refractivity contribution in [3.63, 3.8) is 0 Å². The highest BCUT2D eigenvalue weighted by molar-refractivity contribution is 7.21. The molecule has 0 aliphatic carbocycles. The first-order valence-corrected chi connectivity index (χ1v) is 11.7. The molecule has 10 heteroatoms. The van der Waals surface area contributed by atoms with Crippen LogP contribution in [0, 0.1) is 11.6 Å². The largest absolute Gasteiger partial charge is 0.378 e. The zero-order valence-corrected chi connectivity index (χ0v) is 19.7. The first kappa shape index (κ1) is 22.6. The number of pyridine rings is 2. The Kier molecular flexibility index (Phi) is 6.36. The standard InChI is InChI=1S/C24H24F2N6OS/c1-31(2)14-15-6-7-19(32-8-10-33-11-9-32)23(28-15)30-21-12-18-20(13-27-21)34-24(29-18)22-16(25)4-3-5-17(22)26/h3-7,12-13H,8-11,14H2,1-2H3,(H,27,28,30). The van der Waals surface area contributed by atoms with Gasteiger partial charge in [0.2, 0.25) is 0 Å². The molecule has 4 aromatic rings. The maximum Gasteiger partial charge on any atom is 0.155 e. The van der Waals surface area contributed by atoms with E-state index < -0.39 is 11.6 Å². The van der Waals surface area contributed by atoms with Crippen molar-refractivity contribution in [2.75, 3.05) is 50.6 Å². The van der Waals surface area contributed by atoms with Crippen LogP contribution in [0.5, 0.6) is 0 Å². The molecule has 1 aliphatic rings. The summed E-state index contributed by atoms with van der Waals surface area (Å²) in [7, 11) is 4.00. The van der Waals surface area contributed by atoms with Crippen molar-refractivity contribution in [2.45, 2.75) is 6.54 Å². The van der Waals surface area contributed by atoms with Crippen LogP contribution in [0.2, 0.25) is 0 Å². The molecule has 0 bridgehead atoms. The van der Waals surface area contributed by atoms with E-state index in [2.05, 4.69) is 31.2 Å². The van der Waals surface area contributed by atoms with Gasteiger partial charge in [-0.15, -0.1) is 11.3 Å². The SMILES string of the molecule is CN(C)Cc1ccc(N2CCOCC2)c(Nc2cc3nc(-c4c(F)cccc4F)sc3cn2)n1. The number of rotatable bonds is 6. The van der Waals surface area contributed by atoms with Gasteiger partial charge in [-0.1, -0.05) is 6.07 Å². The molecule has 0 amide bonds. The smallest absolute Gasteiger partial charge is 0.155 e. The minimum absolute atomic E-state index is 0.120. The molecule has 5 rings (SSSR count). The van der Waals surface area contributed by atoms with E-state index in [9.17, 15) is 8.78 Å². The Bertz CT molecular complexity index is 1300. The topological polar surface area (TPSA) is 66.4 Å². The molecule has 7 nitrogen and oxygen atoms in total. The fraction of sp³-hybridized carbons (Fsp3) is 0.292. The zero-order chi connectivity index (χ0) is 23.7. The molecule has 1 saturated heterocycles. The molecule has 3 aromatic heterocycles. The maximum atomic E-state index is 14.3. The molecular formula is C24H24F2N6OS. The second-order valence-electron chi connectivity index (χ2n) is 8.29. The van der Waals surface area contributed by atoms with Crippen molar-refractivity contribution in [3.8, 4) is 10.6 Å². The minimum atomic E-state index is -0.637. The van der Waals surface area contributed by atoms with Crippen LogP contribution in [0.3, 0.4) is 0 Å². The first-order chi connectivity index (χ1) is 16.5. The molecule has 0 radical (unpaired) electrons. The van der Waals surface area contributed by atoms with Crippen molar-refractivity contribution in [1.29, 1.82) is 0 Å². The number of hydrogen-bond acceptors (Lipinski definition) is 8. The van der Waals surface area contributed by atoms with E-state index in [1.165, 1.54) is 29.5 Å². The number of ether oxygens (including phenoxy) is 1. The summed E-state index contributed by atoms with van der Waals surface area (Å²) in [5.41, 5.74) is 2.39. The second-order valence-corrected chi connectivity index (χ2v) is 9.32. The quantitative estimate of drug-likeness (QED) is 0.428. The van der Waals surface area contributed by atoms with Crippen molar-refractivity contribution in [2.24, 2.45) is 0 Å². The lowest BCUT2D eigenvalue weighted by Crippen LogP contribution is -2.36. The van der Waals surface area contributed by atoms with Gasteiger partial charge in [0.05, 0.1) is 40.4 Å². The summed E-state index contributed by atoms with van der Waals surface area (Å²) >= 11 is 1.20. The molecule has 176 valence electrons. The van der Waals surface area contributed by atoms with Crippen molar-refractivity contribution < 1.29 is 13.5 Å². The van der Waals surface area contributed by atoms with E-state index in [0.717, 1.165) is 29.2 Å². The molecule has 1 aliphatic heterocycles. The van der Waals surface area contributed by atoms with Crippen LogP contribution in [0.1, 0.15) is 5.69 Å². The molecule has 1 N–H and O–H groups in total. The Morgan fingerprint density at radius 3 is 2.59 bits per heavy atom. The molecule has 34 heavy (non-hydrogen) atoms. The van der Waals surface area contributed by atoms with E-state index in [1.54, 1.807) is 12.3 Å². The number of fused-ring (bicyclic) bond motifs is 1. The van der Waals surface area contributed by atoms with Crippen molar-refractivity contribution >= 4 is 38.9 Å². The highest BCUT2D eigenvalue weighted by Gasteiger charge is 2.19. The Morgan fingerprint density at radius 2 is 1.85 bits per heavy atom. The van der Waals surface area contributed by atoms with Gasteiger partial charge in [0.15, 0.2) is 5.82 Å². The predicted octanol–water partition coefficient (Wildman–Crippen LogP) is 4.67. The first-order valence-electron chi connectivity index (χ1n) is 10.9. The third-order valence-electron chi connectivity index (χ3n) is 5.46. The van der Waals surface area contributed by atoms with Crippen molar-refractivity contribution in [1.82, 2.24) is 19.9 Å². The van der Waals surface area contributed by atoms with Gasteiger partial charge in [-0.05, 0) is 38.4 Å². The molecule has 0 atom stereocenters. The van der Waals surface area contributed by atoms with Crippen LogP contribution in [0.25, 0.3) is 20.8 Å². The normalized spacial score (nSPS) is 14.2. The van der Waals surface area contributed by atoms with Gasteiger partial charge in [-0.3, -0.25) is 0 Å². The predicted molar refractivity (Wildman–Crippen MR) is 131 cm³/mol. The zero-order valence-electron chi connectivity index (χ0n) is 18.9. The number of hydrogen-bond donors (Lipinski definition) is 1. The summed E-state index contributed by atoms with van der Waals surface area (Å²) in [6.07, 6.45) is 1.66. The molecular weight excluding hydrogens is 458 g/mol. The van der Waals surface area contributed by atoms with Gasteiger partial charge < -0.3 is 19.9 Å². The molecule has 4 heterocycles. The van der Waals surface area contributed by atoms with Gasteiger partial charge in [0.1, 0.15) is 22.5 Å². The van der Waals surface area contributed by atoms with E-state index >= 15 is 0 Å². The average Bonchev–Trinajstić information content (AvgIpc) is 3.22. The monoisotopic (exact) mass is 482 g/mol. The van der Waals surface area contributed by atoms with Crippen LogP contribution < -0.4 is 10.2 Å². The fourth-order valence-electron chi connectivity index (χ4n) is 3.89. The summed E-state index contributed by atoms with van der Waals surface area (Å²) < 4.78 is 34.7. The number of aromatic nitrogens is 3.